The van der Waals surface area contributed by atoms with Gasteiger partial charge in [0, 0.05) is 24.8 Å². The lowest BCUT2D eigenvalue weighted by atomic mass is 9.99. The van der Waals surface area contributed by atoms with E-state index in [9.17, 15) is 13.6 Å². The zero-order chi connectivity index (χ0) is 19.7. The second kappa shape index (κ2) is 7.15. The van der Waals surface area contributed by atoms with Crippen LogP contribution in [-0.4, -0.2) is 30.6 Å². The summed E-state index contributed by atoms with van der Waals surface area (Å²) in [6.07, 6.45) is 0.0238. The van der Waals surface area contributed by atoms with Crippen molar-refractivity contribution in [3.8, 4) is 17.2 Å². The highest BCUT2D eigenvalue weighted by molar-refractivity contribution is 5.77. The van der Waals surface area contributed by atoms with E-state index < -0.39 is 6.43 Å². The molecule has 0 radical (unpaired) electrons. The number of rotatable bonds is 4. The number of benzene rings is 1. The fourth-order valence-electron chi connectivity index (χ4n) is 3.23. The maximum absolute atomic E-state index is 13.2. The largest absolute Gasteiger partial charge is 0.332 e. The quantitative estimate of drug-likeness (QED) is 0.694. The van der Waals surface area contributed by atoms with Gasteiger partial charge in [-0.3, -0.25) is 9.78 Å². The Labute approximate surface area is 158 Å². The monoisotopic (exact) mass is 380 g/mol. The SMILES string of the molecule is N#Cc1ncn(CC(=O)N2Cc3ccc(-c4cccnc4C(F)F)cc3C2)n1. The molecule has 3 heterocycles. The molecule has 9 heteroatoms. The van der Waals surface area contributed by atoms with Crippen LogP contribution in [0.25, 0.3) is 11.1 Å². The van der Waals surface area contributed by atoms with Gasteiger partial charge in [0.25, 0.3) is 12.2 Å². The van der Waals surface area contributed by atoms with Crippen LogP contribution in [0.4, 0.5) is 8.78 Å². The molecular weight excluding hydrogens is 366 g/mol. The van der Waals surface area contributed by atoms with Gasteiger partial charge in [-0.25, -0.2) is 18.4 Å². The number of carbonyl (C=O) groups is 1. The topological polar surface area (TPSA) is 87.7 Å². The average Bonchev–Trinajstić information content (AvgIpc) is 3.33. The summed E-state index contributed by atoms with van der Waals surface area (Å²) in [7, 11) is 0. The number of nitrogens with zero attached hydrogens (tertiary/aromatic N) is 6. The number of halogens is 2. The first-order chi connectivity index (χ1) is 13.5. The molecule has 0 unspecified atom stereocenters. The van der Waals surface area contributed by atoms with E-state index in [-0.39, 0.29) is 24.0 Å². The molecule has 4 rings (SSSR count). The summed E-state index contributed by atoms with van der Waals surface area (Å²) in [5.74, 6) is -0.157. The standard InChI is InChI=1S/C19H14F2N6O/c20-19(21)18-15(2-1-5-23-18)12-3-4-13-8-26(9-14(13)6-12)17(28)10-27-11-24-16(7-22)25-27/h1-6,11,19H,8-10H2. The van der Waals surface area contributed by atoms with E-state index in [1.807, 2.05) is 18.2 Å². The van der Waals surface area contributed by atoms with Gasteiger partial charge in [-0.05, 0) is 28.8 Å². The van der Waals surface area contributed by atoms with Gasteiger partial charge in [-0.15, -0.1) is 5.10 Å². The summed E-state index contributed by atoms with van der Waals surface area (Å²) in [4.78, 5) is 21.7. The summed E-state index contributed by atoms with van der Waals surface area (Å²) in [6.45, 7) is 0.794. The van der Waals surface area contributed by atoms with E-state index in [0.717, 1.165) is 11.1 Å². The Balaban J connectivity index is 1.53. The Morgan fingerprint density at radius 1 is 1.21 bits per heavy atom. The van der Waals surface area contributed by atoms with E-state index >= 15 is 0 Å². The number of hydrogen-bond donors (Lipinski definition) is 0. The van der Waals surface area contributed by atoms with Crippen LogP contribution < -0.4 is 0 Å². The molecular formula is C19H14F2N6O. The van der Waals surface area contributed by atoms with Crippen LogP contribution in [0.2, 0.25) is 0 Å². The molecule has 3 aromatic rings. The van der Waals surface area contributed by atoms with E-state index in [4.69, 9.17) is 5.26 Å². The van der Waals surface area contributed by atoms with Crippen molar-refractivity contribution in [1.82, 2.24) is 24.6 Å². The van der Waals surface area contributed by atoms with Crippen LogP contribution in [0.15, 0.2) is 42.9 Å². The molecule has 1 aliphatic rings. The lowest BCUT2D eigenvalue weighted by molar-refractivity contribution is -0.132. The van der Waals surface area contributed by atoms with Crippen molar-refractivity contribution in [2.24, 2.45) is 0 Å². The fourth-order valence-corrected chi connectivity index (χ4v) is 3.23. The zero-order valence-electron chi connectivity index (χ0n) is 14.6. The van der Waals surface area contributed by atoms with Gasteiger partial charge in [0.2, 0.25) is 5.91 Å². The number of nitriles is 1. The average molecular weight is 380 g/mol. The van der Waals surface area contributed by atoms with Crippen LogP contribution in [0.5, 0.6) is 0 Å². The third-order valence-electron chi connectivity index (χ3n) is 4.57. The van der Waals surface area contributed by atoms with Crippen LogP contribution >= 0.6 is 0 Å². The number of carbonyl (C=O) groups excluding carboxylic acids is 1. The lowest BCUT2D eigenvalue weighted by Crippen LogP contribution is -2.29. The molecule has 2 aromatic heterocycles. The van der Waals surface area contributed by atoms with Gasteiger partial charge < -0.3 is 4.90 Å². The first kappa shape index (κ1) is 17.7. The molecule has 0 N–H and O–H groups in total. The molecule has 0 bridgehead atoms. The van der Waals surface area contributed by atoms with Crippen LogP contribution in [0.1, 0.15) is 29.1 Å². The maximum atomic E-state index is 13.2. The third-order valence-corrected chi connectivity index (χ3v) is 4.57. The fraction of sp³-hybridized carbons (Fsp3) is 0.211. The predicted octanol–water partition coefficient (Wildman–Crippen LogP) is 2.69. The number of alkyl halides is 2. The van der Waals surface area contributed by atoms with Crippen molar-refractivity contribution >= 4 is 5.91 Å². The third kappa shape index (κ3) is 3.32. The van der Waals surface area contributed by atoms with E-state index in [2.05, 4.69) is 15.1 Å². The van der Waals surface area contributed by atoms with Gasteiger partial charge in [-0.2, -0.15) is 5.26 Å². The lowest BCUT2D eigenvalue weighted by Gasteiger charge is -2.14. The Kier molecular flexibility index (Phi) is 4.53. The second-order valence-electron chi connectivity index (χ2n) is 6.35. The molecule has 0 fully saturated rings. The Bertz CT molecular complexity index is 1090. The van der Waals surface area contributed by atoms with E-state index in [0.29, 0.717) is 24.2 Å². The Hall–Kier alpha value is -3.67. The minimum Gasteiger partial charge on any atom is -0.332 e. The maximum Gasteiger partial charge on any atom is 0.280 e. The first-order valence-corrected chi connectivity index (χ1v) is 8.47. The van der Waals surface area contributed by atoms with Gasteiger partial charge >= 0.3 is 0 Å². The molecule has 140 valence electrons. The van der Waals surface area contributed by atoms with Gasteiger partial charge in [-0.1, -0.05) is 18.2 Å². The Morgan fingerprint density at radius 2 is 2.04 bits per heavy atom. The number of fused-ring (bicyclic) bond motifs is 1. The van der Waals surface area contributed by atoms with E-state index in [1.165, 1.54) is 17.2 Å². The highest BCUT2D eigenvalue weighted by atomic mass is 19.3. The highest BCUT2D eigenvalue weighted by Crippen LogP contribution is 2.33. The summed E-state index contributed by atoms with van der Waals surface area (Å²) in [5, 5.41) is 12.6. The molecule has 7 nitrogen and oxygen atoms in total. The van der Waals surface area contributed by atoms with Crippen molar-refractivity contribution in [2.75, 3.05) is 0 Å². The number of aromatic nitrogens is 4. The van der Waals surface area contributed by atoms with Crippen molar-refractivity contribution in [2.45, 2.75) is 26.1 Å². The van der Waals surface area contributed by atoms with Crippen molar-refractivity contribution in [3.63, 3.8) is 0 Å². The summed E-state index contributed by atoms with van der Waals surface area (Å²) >= 11 is 0. The Morgan fingerprint density at radius 3 is 2.79 bits per heavy atom. The molecule has 28 heavy (non-hydrogen) atoms. The van der Waals surface area contributed by atoms with Crippen LogP contribution in [0, 0.1) is 11.3 Å². The van der Waals surface area contributed by atoms with E-state index in [1.54, 1.807) is 23.1 Å². The summed E-state index contributed by atoms with van der Waals surface area (Å²) in [5.41, 5.74) is 2.65. The van der Waals surface area contributed by atoms with Crippen molar-refractivity contribution < 1.29 is 13.6 Å². The van der Waals surface area contributed by atoms with Crippen molar-refractivity contribution in [3.05, 3.63) is 65.5 Å². The zero-order valence-corrected chi connectivity index (χ0v) is 14.6. The first-order valence-electron chi connectivity index (χ1n) is 8.47. The van der Waals surface area contributed by atoms with Crippen molar-refractivity contribution in [1.29, 1.82) is 5.26 Å². The summed E-state index contributed by atoms with van der Waals surface area (Å²) < 4.78 is 27.8. The number of amides is 1. The molecule has 0 atom stereocenters. The van der Waals surface area contributed by atoms with Gasteiger partial charge in [0.15, 0.2) is 0 Å². The molecule has 0 saturated carbocycles. The van der Waals surface area contributed by atoms with Crippen LogP contribution in [-0.2, 0) is 24.4 Å². The smallest absolute Gasteiger partial charge is 0.280 e. The molecule has 0 saturated heterocycles. The highest BCUT2D eigenvalue weighted by Gasteiger charge is 2.25. The number of hydrogen-bond acceptors (Lipinski definition) is 5. The molecule has 0 spiro atoms. The minimum absolute atomic E-state index is 0.00783. The van der Waals surface area contributed by atoms with Crippen LogP contribution in [0.3, 0.4) is 0 Å². The molecule has 1 amide bonds. The molecule has 1 aliphatic heterocycles. The normalized spacial score (nSPS) is 12.9. The molecule has 0 aliphatic carbocycles. The van der Waals surface area contributed by atoms with Gasteiger partial charge in [0.05, 0.1) is 0 Å². The second-order valence-corrected chi connectivity index (χ2v) is 6.35. The number of pyridine rings is 1. The summed E-state index contributed by atoms with van der Waals surface area (Å²) in [6, 6.07) is 10.5. The predicted molar refractivity (Wildman–Crippen MR) is 93.6 cm³/mol. The molecule has 1 aromatic carbocycles. The van der Waals surface area contributed by atoms with Gasteiger partial charge in [0.1, 0.15) is 24.6 Å². The minimum atomic E-state index is -2.66.